The number of aryl methyl sites for hydroxylation is 1. The normalized spacial score (nSPS) is 17.7. The topological polar surface area (TPSA) is 86.2 Å². The van der Waals surface area contributed by atoms with Gasteiger partial charge in [-0.3, -0.25) is 14.8 Å². The molecule has 2 fully saturated rings. The molecule has 2 aliphatic rings. The summed E-state index contributed by atoms with van der Waals surface area (Å²) in [6.45, 7) is 5.13. The molecule has 0 radical (unpaired) electrons. The van der Waals surface area contributed by atoms with Crippen LogP contribution in [0.25, 0.3) is 10.6 Å². The number of carbonyl (C=O) groups excluding carboxylic acids is 1. The molecule has 1 atom stereocenters. The molecule has 0 bridgehead atoms. The van der Waals surface area contributed by atoms with E-state index in [0.29, 0.717) is 36.1 Å². The third kappa shape index (κ3) is 4.98. The van der Waals surface area contributed by atoms with E-state index in [1.807, 2.05) is 38.2 Å². The zero-order valence-electron chi connectivity index (χ0n) is 19.6. The number of hydrogen-bond donors (Lipinski definition) is 1. The van der Waals surface area contributed by atoms with Crippen LogP contribution in [0, 0.1) is 6.92 Å². The third-order valence-electron chi connectivity index (χ3n) is 6.57. The number of aromatic nitrogens is 3. The van der Waals surface area contributed by atoms with Crippen molar-refractivity contribution in [2.75, 3.05) is 13.2 Å². The number of hydrogen-bond acceptors (Lipinski definition) is 7. The van der Waals surface area contributed by atoms with Crippen LogP contribution in [0.15, 0.2) is 36.8 Å². The summed E-state index contributed by atoms with van der Waals surface area (Å²) in [5, 5.41) is 3.97. The number of para-hydroxylation sites is 1. The van der Waals surface area contributed by atoms with Gasteiger partial charge in [0.2, 0.25) is 0 Å². The molecule has 1 saturated heterocycles. The lowest BCUT2D eigenvalue weighted by atomic mass is 9.85. The van der Waals surface area contributed by atoms with Crippen LogP contribution in [0.1, 0.15) is 77.6 Å². The maximum absolute atomic E-state index is 13.4. The first-order valence-corrected chi connectivity index (χ1v) is 12.8. The Morgan fingerprint density at radius 2 is 1.94 bits per heavy atom. The second-order valence-electron chi connectivity index (χ2n) is 9.09. The molecule has 34 heavy (non-hydrogen) atoms. The second-order valence-corrected chi connectivity index (χ2v) is 10.1. The number of benzene rings is 1. The van der Waals surface area contributed by atoms with Crippen molar-refractivity contribution in [1.82, 2.24) is 20.3 Å². The van der Waals surface area contributed by atoms with E-state index < -0.39 is 0 Å². The van der Waals surface area contributed by atoms with Crippen molar-refractivity contribution in [3.8, 4) is 16.3 Å². The number of amides is 1. The lowest BCUT2D eigenvalue weighted by Crippen LogP contribution is -2.30. The van der Waals surface area contributed by atoms with Crippen LogP contribution in [-0.4, -0.2) is 40.2 Å². The van der Waals surface area contributed by atoms with E-state index in [-0.39, 0.29) is 18.1 Å². The first-order chi connectivity index (χ1) is 16.6. The number of ether oxygens (including phenoxy) is 2. The van der Waals surface area contributed by atoms with Gasteiger partial charge < -0.3 is 14.8 Å². The van der Waals surface area contributed by atoms with Crippen LogP contribution in [0.5, 0.6) is 5.75 Å². The molecule has 178 valence electrons. The molecule has 1 saturated carbocycles. The summed E-state index contributed by atoms with van der Waals surface area (Å²) < 4.78 is 12.0. The van der Waals surface area contributed by atoms with Crippen molar-refractivity contribution in [2.24, 2.45) is 0 Å². The minimum absolute atomic E-state index is 0.00732. The average Bonchev–Trinajstić information content (AvgIpc) is 3.28. The fourth-order valence-electron chi connectivity index (χ4n) is 4.24. The molecule has 8 heteroatoms. The van der Waals surface area contributed by atoms with Gasteiger partial charge in [0, 0.05) is 30.1 Å². The molecule has 1 aromatic carbocycles. The van der Waals surface area contributed by atoms with Crippen molar-refractivity contribution in [1.29, 1.82) is 0 Å². The van der Waals surface area contributed by atoms with E-state index in [2.05, 4.69) is 15.3 Å². The highest BCUT2D eigenvalue weighted by Crippen LogP contribution is 2.43. The maximum atomic E-state index is 13.4. The van der Waals surface area contributed by atoms with E-state index in [4.69, 9.17) is 14.5 Å². The summed E-state index contributed by atoms with van der Waals surface area (Å²) in [5.41, 5.74) is 2.94. The summed E-state index contributed by atoms with van der Waals surface area (Å²) in [4.78, 5) is 28.2. The Kier molecular flexibility index (Phi) is 6.87. The van der Waals surface area contributed by atoms with E-state index >= 15 is 0 Å². The smallest absolute Gasteiger partial charge is 0.255 e. The van der Waals surface area contributed by atoms with Crippen LogP contribution in [-0.2, 0) is 4.74 Å². The highest BCUT2D eigenvalue weighted by molar-refractivity contribution is 7.15. The zero-order valence-corrected chi connectivity index (χ0v) is 20.4. The van der Waals surface area contributed by atoms with Crippen molar-refractivity contribution in [3.05, 3.63) is 58.6 Å². The molecule has 2 aromatic heterocycles. The van der Waals surface area contributed by atoms with Crippen molar-refractivity contribution in [3.63, 3.8) is 0 Å². The van der Waals surface area contributed by atoms with E-state index in [1.165, 1.54) is 24.1 Å². The lowest BCUT2D eigenvalue weighted by molar-refractivity contribution is 0.0254. The van der Waals surface area contributed by atoms with Gasteiger partial charge in [0.05, 0.1) is 48.0 Å². The van der Waals surface area contributed by atoms with Gasteiger partial charge >= 0.3 is 0 Å². The Morgan fingerprint density at radius 1 is 1.12 bits per heavy atom. The van der Waals surface area contributed by atoms with Gasteiger partial charge in [0.15, 0.2) is 0 Å². The fourth-order valence-corrected chi connectivity index (χ4v) is 5.35. The quantitative estimate of drug-likeness (QED) is 0.501. The summed E-state index contributed by atoms with van der Waals surface area (Å²) in [5.74, 6) is 1.02. The molecule has 1 aliphatic heterocycles. The number of carbonyl (C=O) groups is 1. The molecule has 1 aliphatic carbocycles. The summed E-state index contributed by atoms with van der Waals surface area (Å²) in [7, 11) is 0. The largest absolute Gasteiger partial charge is 0.489 e. The minimum atomic E-state index is -0.287. The van der Waals surface area contributed by atoms with Crippen molar-refractivity contribution in [2.45, 2.75) is 64.0 Å². The van der Waals surface area contributed by atoms with Gasteiger partial charge in [-0.15, -0.1) is 11.3 Å². The average molecular weight is 479 g/mol. The molecule has 0 unspecified atom stereocenters. The van der Waals surface area contributed by atoms with Gasteiger partial charge in [0.1, 0.15) is 16.9 Å². The van der Waals surface area contributed by atoms with Crippen LogP contribution >= 0.6 is 11.3 Å². The predicted octanol–water partition coefficient (Wildman–Crippen LogP) is 5.22. The highest BCUT2D eigenvalue weighted by Gasteiger charge is 2.27. The van der Waals surface area contributed by atoms with E-state index in [1.54, 1.807) is 23.7 Å². The molecule has 0 spiro atoms. The monoisotopic (exact) mass is 478 g/mol. The molecule has 5 rings (SSSR count). The number of nitrogens with zero attached hydrogens (tertiary/aromatic N) is 3. The third-order valence-corrected chi connectivity index (χ3v) is 7.76. The molecule has 3 aromatic rings. The fraction of sp³-hybridized carbons (Fsp3) is 0.462. The Morgan fingerprint density at radius 3 is 2.65 bits per heavy atom. The molecule has 3 heterocycles. The summed E-state index contributed by atoms with van der Waals surface area (Å²) >= 11 is 1.71. The minimum Gasteiger partial charge on any atom is -0.489 e. The van der Waals surface area contributed by atoms with Crippen LogP contribution < -0.4 is 10.1 Å². The summed E-state index contributed by atoms with van der Waals surface area (Å²) in [6, 6.07) is 5.44. The SMILES string of the molecule is Cc1cnc([C@@H](C)NC(=O)c2cccc(-c3ncc(C4CCC4)s3)c2OC2CCOCC2)cn1. The van der Waals surface area contributed by atoms with Crippen LogP contribution in [0.4, 0.5) is 0 Å². The number of rotatable bonds is 7. The first-order valence-electron chi connectivity index (χ1n) is 12.0. The lowest BCUT2D eigenvalue weighted by Gasteiger charge is -2.26. The van der Waals surface area contributed by atoms with Gasteiger partial charge in [0.25, 0.3) is 5.91 Å². The molecule has 7 nitrogen and oxygen atoms in total. The number of thiazole rings is 1. The van der Waals surface area contributed by atoms with Crippen LogP contribution in [0.2, 0.25) is 0 Å². The standard InChI is InChI=1S/C26H30N4O3S/c1-16-13-28-22(14-27-16)17(2)30-25(31)20-7-4-8-21(24(20)33-19-9-11-32-12-10-19)26-29-15-23(34-26)18-5-3-6-18/h4,7-8,13-15,17-19H,3,5-6,9-12H2,1-2H3,(H,30,31)/t17-/m1/s1. The van der Waals surface area contributed by atoms with E-state index in [9.17, 15) is 4.79 Å². The number of nitrogens with one attached hydrogen (secondary N) is 1. The van der Waals surface area contributed by atoms with Gasteiger partial charge in [-0.1, -0.05) is 12.5 Å². The summed E-state index contributed by atoms with van der Waals surface area (Å²) in [6.07, 6.45) is 10.8. The molecule has 1 amide bonds. The predicted molar refractivity (Wildman–Crippen MR) is 131 cm³/mol. The first kappa shape index (κ1) is 22.9. The maximum Gasteiger partial charge on any atom is 0.255 e. The molecular formula is C26H30N4O3S. The van der Waals surface area contributed by atoms with Gasteiger partial charge in [-0.05, 0) is 44.7 Å². The van der Waals surface area contributed by atoms with E-state index in [0.717, 1.165) is 29.1 Å². The zero-order chi connectivity index (χ0) is 23.5. The second kappa shape index (κ2) is 10.2. The van der Waals surface area contributed by atoms with Crippen LogP contribution in [0.3, 0.4) is 0 Å². The Bertz CT molecular complexity index is 1140. The molecule has 1 N–H and O–H groups in total. The Balaban J connectivity index is 1.45. The Hall–Kier alpha value is -2.84. The van der Waals surface area contributed by atoms with Gasteiger partial charge in [-0.25, -0.2) is 4.98 Å². The van der Waals surface area contributed by atoms with Gasteiger partial charge in [-0.2, -0.15) is 0 Å². The van der Waals surface area contributed by atoms with Crippen molar-refractivity contribution < 1.29 is 14.3 Å². The Labute approximate surface area is 204 Å². The molecular weight excluding hydrogens is 448 g/mol. The highest BCUT2D eigenvalue weighted by atomic mass is 32.1. The van der Waals surface area contributed by atoms with Crippen molar-refractivity contribution >= 4 is 17.2 Å².